The van der Waals surface area contributed by atoms with Gasteiger partial charge in [0.1, 0.15) is 24.2 Å². The molecule has 6 nitrogen and oxygen atoms in total. The molecule has 160 valence electrons. The van der Waals surface area contributed by atoms with Crippen molar-refractivity contribution in [1.29, 1.82) is 0 Å². The van der Waals surface area contributed by atoms with E-state index >= 15 is 0 Å². The SMILES string of the molecule is C=CCN(CC=C)C(=O)C(C)NC(=O)c1ccc(COc2cccc3ccccc23)o1. The molecule has 0 aliphatic rings. The minimum absolute atomic E-state index is 0.121. The molecule has 0 radical (unpaired) electrons. The number of nitrogens with zero attached hydrogens (tertiary/aromatic N) is 1. The molecule has 1 aromatic heterocycles. The van der Waals surface area contributed by atoms with Gasteiger partial charge in [0, 0.05) is 18.5 Å². The Morgan fingerprint density at radius 3 is 2.52 bits per heavy atom. The molecule has 1 unspecified atom stereocenters. The lowest BCUT2D eigenvalue weighted by Crippen LogP contribution is -2.47. The lowest BCUT2D eigenvalue weighted by molar-refractivity contribution is -0.131. The van der Waals surface area contributed by atoms with Crippen molar-refractivity contribution in [2.75, 3.05) is 13.1 Å². The van der Waals surface area contributed by atoms with Gasteiger partial charge in [-0.3, -0.25) is 9.59 Å². The largest absolute Gasteiger partial charge is 0.485 e. The third-order valence-electron chi connectivity index (χ3n) is 4.73. The van der Waals surface area contributed by atoms with Crippen molar-refractivity contribution in [3.05, 3.63) is 91.4 Å². The Morgan fingerprint density at radius 1 is 1.06 bits per heavy atom. The van der Waals surface area contributed by atoms with Gasteiger partial charge < -0.3 is 19.4 Å². The summed E-state index contributed by atoms with van der Waals surface area (Å²) in [7, 11) is 0. The van der Waals surface area contributed by atoms with Crippen LogP contribution in [0.15, 0.2) is 84.3 Å². The summed E-state index contributed by atoms with van der Waals surface area (Å²) in [6.07, 6.45) is 3.26. The molecule has 6 heteroatoms. The number of hydrogen-bond donors (Lipinski definition) is 1. The zero-order valence-electron chi connectivity index (χ0n) is 17.5. The Balaban J connectivity index is 1.60. The highest BCUT2D eigenvalue weighted by Crippen LogP contribution is 2.26. The number of carbonyl (C=O) groups is 2. The minimum atomic E-state index is -0.715. The second kappa shape index (κ2) is 10.3. The van der Waals surface area contributed by atoms with Crippen LogP contribution in [0.2, 0.25) is 0 Å². The van der Waals surface area contributed by atoms with E-state index < -0.39 is 11.9 Å². The number of ether oxygens (including phenoxy) is 1. The molecule has 0 aliphatic heterocycles. The molecule has 0 saturated carbocycles. The monoisotopic (exact) mass is 418 g/mol. The number of amides is 2. The van der Waals surface area contributed by atoms with Crippen LogP contribution in [0.5, 0.6) is 5.75 Å². The molecule has 0 aliphatic carbocycles. The number of carbonyl (C=O) groups excluding carboxylic acids is 2. The van der Waals surface area contributed by atoms with Crippen molar-refractivity contribution in [2.24, 2.45) is 0 Å². The zero-order chi connectivity index (χ0) is 22.2. The fourth-order valence-electron chi connectivity index (χ4n) is 3.22. The summed E-state index contributed by atoms with van der Waals surface area (Å²) in [4.78, 5) is 26.6. The number of hydrogen-bond acceptors (Lipinski definition) is 4. The van der Waals surface area contributed by atoms with Gasteiger partial charge in [0.2, 0.25) is 5.91 Å². The lowest BCUT2D eigenvalue weighted by atomic mass is 10.1. The molecule has 3 rings (SSSR count). The minimum Gasteiger partial charge on any atom is -0.485 e. The predicted molar refractivity (Wildman–Crippen MR) is 121 cm³/mol. The Kier molecular flexibility index (Phi) is 7.27. The van der Waals surface area contributed by atoms with E-state index in [0.717, 1.165) is 16.5 Å². The third kappa shape index (κ3) is 5.42. The van der Waals surface area contributed by atoms with Crippen molar-refractivity contribution in [3.8, 4) is 5.75 Å². The molecule has 0 saturated heterocycles. The van der Waals surface area contributed by atoms with Gasteiger partial charge in [-0.25, -0.2) is 0 Å². The van der Waals surface area contributed by atoms with Gasteiger partial charge in [-0.1, -0.05) is 48.6 Å². The third-order valence-corrected chi connectivity index (χ3v) is 4.73. The van der Waals surface area contributed by atoms with Crippen LogP contribution < -0.4 is 10.1 Å². The molecule has 2 amide bonds. The summed E-state index contributed by atoms with van der Waals surface area (Å²) in [5.74, 6) is 0.685. The highest BCUT2D eigenvalue weighted by atomic mass is 16.5. The van der Waals surface area contributed by atoms with Crippen LogP contribution in [0.3, 0.4) is 0 Å². The predicted octanol–water partition coefficient (Wildman–Crippen LogP) is 4.33. The average Bonchev–Trinajstić information content (AvgIpc) is 3.26. The molecule has 3 aromatic rings. The van der Waals surface area contributed by atoms with E-state index in [-0.39, 0.29) is 18.3 Å². The fourth-order valence-corrected chi connectivity index (χ4v) is 3.22. The van der Waals surface area contributed by atoms with Crippen molar-refractivity contribution >= 4 is 22.6 Å². The van der Waals surface area contributed by atoms with Crippen molar-refractivity contribution in [1.82, 2.24) is 10.2 Å². The molecular formula is C25H26N2O4. The van der Waals surface area contributed by atoms with Gasteiger partial charge in [-0.15, -0.1) is 13.2 Å². The highest BCUT2D eigenvalue weighted by molar-refractivity contribution is 5.95. The number of furan rings is 1. The highest BCUT2D eigenvalue weighted by Gasteiger charge is 2.22. The van der Waals surface area contributed by atoms with Crippen LogP contribution in [0.4, 0.5) is 0 Å². The van der Waals surface area contributed by atoms with Crippen LogP contribution in [-0.2, 0) is 11.4 Å². The van der Waals surface area contributed by atoms with E-state index in [1.165, 1.54) is 0 Å². The van der Waals surface area contributed by atoms with E-state index in [0.29, 0.717) is 18.8 Å². The quantitative estimate of drug-likeness (QED) is 0.498. The topological polar surface area (TPSA) is 71.8 Å². The second-order valence-electron chi connectivity index (χ2n) is 7.05. The molecular weight excluding hydrogens is 392 g/mol. The van der Waals surface area contributed by atoms with Crippen LogP contribution in [0.25, 0.3) is 10.8 Å². The van der Waals surface area contributed by atoms with Crippen molar-refractivity contribution < 1.29 is 18.7 Å². The Labute approximate surface area is 181 Å². The first-order valence-corrected chi connectivity index (χ1v) is 10.0. The number of nitrogens with one attached hydrogen (secondary N) is 1. The van der Waals surface area contributed by atoms with E-state index in [1.54, 1.807) is 36.1 Å². The summed E-state index contributed by atoms with van der Waals surface area (Å²) in [6.45, 7) is 9.87. The molecule has 2 aromatic carbocycles. The van der Waals surface area contributed by atoms with Crippen LogP contribution in [0, 0.1) is 0 Å². The molecule has 31 heavy (non-hydrogen) atoms. The molecule has 1 atom stereocenters. The van der Waals surface area contributed by atoms with Gasteiger partial charge in [0.15, 0.2) is 5.76 Å². The first-order valence-electron chi connectivity index (χ1n) is 10.0. The maximum Gasteiger partial charge on any atom is 0.287 e. The number of rotatable bonds is 10. The second-order valence-corrected chi connectivity index (χ2v) is 7.05. The summed E-state index contributed by atoms with van der Waals surface area (Å²) in [5.41, 5.74) is 0. The Hall–Kier alpha value is -3.80. The number of fused-ring (bicyclic) bond motifs is 1. The van der Waals surface area contributed by atoms with Crippen molar-refractivity contribution in [2.45, 2.75) is 19.6 Å². The van der Waals surface area contributed by atoms with Crippen LogP contribution in [0.1, 0.15) is 23.2 Å². The maximum absolute atomic E-state index is 12.5. The van der Waals surface area contributed by atoms with Gasteiger partial charge in [0.25, 0.3) is 5.91 Å². The normalized spacial score (nSPS) is 11.5. The fraction of sp³-hybridized carbons (Fsp3) is 0.200. The van der Waals surface area contributed by atoms with E-state index in [9.17, 15) is 9.59 Å². The van der Waals surface area contributed by atoms with Crippen LogP contribution >= 0.6 is 0 Å². The Morgan fingerprint density at radius 2 is 1.77 bits per heavy atom. The summed E-state index contributed by atoms with van der Waals surface area (Å²) >= 11 is 0. The zero-order valence-corrected chi connectivity index (χ0v) is 17.5. The smallest absolute Gasteiger partial charge is 0.287 e. The lowest BCUT2D eigenvalue weighted by Gasteiger charge is -2.23. The van der Waals surface area contributed by atoms with Gasteiger partial charge in [-0.2, -0.15) is 0 Å². The van der Waals surface area contributed by atoms with Gasteiger partial charge in [-0.05, 0) is 30.5 Å². The van der Waals surface area contributed by atoms with E-state index in [4.69, 9.17) is 9.15 Å². The first kappa shape index (κ1) is 21.9. The number of benzene rings is 2. The molecule has 0 bridgehead atoms. The van der Waals surface area contributed by atoms with Crippen LogP contribution in [-0.4, -0.2) is 35.8 Å². The summed E-state index contributed by atoms with van der Waals surface area (Å²) in [5, 5.41) is 4.76. The van der Waals surface area contributed by atoms with Crippen molar-refractivity contribution in [3.63, 3.8) is 0 Å². The Bertz CT molecular complexity index is 1070. The first-order chi connectivity index (χ1) is 15.0. The van der Waals surface area contributed by atoms with Gasteiger partial charge in [0.05, 0.1) is 0 Å². The summed E-state index contributed by atoms with van der Waals surface area (Å²) < 4.78 is 11.5. The molecule has 0 fully saturated rings. The maximum atomic E-state index is 12.5. The average molecular weight is 418 g/mol. The molecule has 1 heterocycles. The molecule has 1 N–H and O–H groups in total. The standard InChI is InChI=1S/C25H26N2O4/c1-4-15-27(16-5-2)25(29)18(3)26-24(28)23-14-13-20(31-23)17-30-22-12-8-10-19-9-6-7-11-21(19)22/h4-14,18H,1-2,15-17H2,3H3,(H,26,28). The van der Waals surface area contributed by atoms with E-state index in [2.05, 4.69) is 18.5 Å². The van der Waals surface area contributed by atoms with E-state index in [1.807, 2.05) is 42.5 Å². The molecule has 0 spiro atoms. The summed E-state index contributed by atoms with van der Waals surface area (Å²) in [6, 6.07) is 16.3. The van der Waals surface area contributed by atoms with Gasteiger partial charge >= 0.3 is 0 Å².